The van der Waals surface area contributed by atoms with Crippen LogP contribution in [0.5, 0.6) is 0 Å². The maximum Gasteiger partial charge on any atom is -0.0226 e. The molecule has 6 aliphatic rings. The molecule has 0 bridgehead atoms. The van der Waals surface area contributed by atoms with Crippen molar-refractivity contribution in [2.24, 2.45) is 41.4 Å². The van der Waals surface area contributed by atoms with E-state index in [1.807, 2.05) is 52.7 Å². The van der Waals surface area contributed by atoms with Crippen LogP contribution in [-0.4, -0.2) is 0 Å². The fraction of sp³-hybridized carbons (Fsp3) is 0.956. The van der Waals surface area contributed by atoms with Gasteiger partial charge >= 0.3 is 0 Å². The lowest BCUT2D eigenvalue weighted by Gasteiger charge is -2.37. The predicted octanol–water partition coefficient (Wildman–Crippen LogP) is 16.6. The summed E-state index contributed by atoms with van der Waals surface area (Å²) in [5, 5.41) is 0. The first-order valence-corrected chi connectivity index (χ1v) is 21.7. The standard InChI is InChI=1S/C13H22.C13H24.C7H14.C6H12.3C2H6/c1-9-7-8-11(3)13-10(2)5-4-6-12(9)13;1-11-7-9-13(10-8-11)12-5-3-2-4-6-12;1-7-5-3-2-4-6-7;1-2-4-6-5-3-1;3*1-2/h9-11H,4-8H2,1-3H3;11-13H,2-10H2,1H3;7H,2-6H2,1H3;1-6H2;3*1-2H3. The van der Waals surface area contributed by atoms with Crippen molar-refractivity contribution >= 4 is 0 Å². The van der Waals surface area contributed by atoms with E-state index in [-0.39, 0.29) is 0 Å². The second kappa shape index (κ2) is 29.8. The Bertz CT molecular complexity index is 615. The zero-order chi connectivity index (χ0) is 33.9. The van der Waals surface area contributed by atoms with Crippen molar-refractivity contribution in [1.82, 2.24) is 0 Å². The second-order valence-electron chi connectivity index (χ2n) is 15.4. The maximum absolute atomic E-state index is 2.43. The van der Waals surface area contributed by atoms with Crippen LogP contribution in [0, 0.1) is 41.4 Å². The second-order valence-corrected chi connectivity index (χ2v) is 15.4. The first-order chi connectivity index (χ1) is 22.0. The minimum absolute atomic E-state index is 0.890. The van der Waals surface area contributed by atoms with Gasteiger partial charge in [-0.1, -0.05) is 203 Å². The molecule has 0 aliphatic heterocycles. The Hall–Kier alpha value is -0.260. The molecule has 0 aromatic rings. The van der Waals surface area contributed by atoms with E-state index in [0.717, 1.165) is 41.4 Å². The molecule has 0 nitrogen and oxygen atoms in total. The average Bonchev–Trinajstić information content (AvgIpc) is 3.12. The number of rotatable bonds is 1. The van der Waals surface area contributed by atoms with Crippen LogP contribution in [0.4, 0.5) is 0 Å². The molecular weight excluding hydrogens is 540 g/mol. The van der Waals surface area contributed by atoms with Gasteiger partial charge in [-0.15, -0.1) is 0 Å². The van der Waals surface area contributed by atoms with E-state index in [0.29, 0.717) is 0 Å². The third-order valence-corrected chi connectivity index (χ3v) is 11.9. The van der Waals surface area contributed by atoms with Crippen molar-refractivity contribution in [3.05, 3.63) is 11.1 Å². The van der Waals surface area contributed by atoms with Crippen LogP contribution in [-0.2, 0) is 0 Å². The van der Waals surface area contributed by atoms with Crippen molar-refractivity contribution in [3.8, 4) is 0 Å². The molecule has 45 heavy (non-hydrogen) atoms. The highest BCUT2D eigenvalue weighted by molar-refractivity contribution is 5.26. The van der Waals surface area contributed by atoms with E-state index in [1.165, 1.54) is 135 Å². The highest BCUT2D eigenvalue weighted by Crippen LogP contribution is 2.44. The van der Waals surface area contributed by atoms with E-state index in [4.69, 9.17) is 0 Å². The van der Waals surface area contributed by atoms with E-state index in [2.05, 4.69) is 34.6 Å². The first-order valence-electron chi connectivity index (χ1n) is 21.7. The molecule has 0 aromatic heterocycles. The quantitative estimate of drug-likeness (QED) is 0.253. The monoisotopic (exact) mass is 631 g/mol. The Labute approximate surface area is 288 Å². The predicted molar refractivity (Wildman–Crippen MR) is 209 cm³/mol. The summed E-state index contributed by atoms with van der Waals surface area (Å²) in [6, 6.07) is 0. The van der Waals surface area contributed by atoms with E-state index in [9.17, 15) is 0 Å². The van der Waals surface area contributed by atoms with Crippen LogP contribution in [0.25, 0.3) is 0 Å². The van der Waals surface area contributed by atoms with Gasteiger partial charge in [0.15, 0.2) is 0 Å². The molecule has 0 heteroatoms. The molecule has 0 aromatic carbocycles. The summed E-state index contributed by atoms with van der Waals surface area (Å²) >= 11 is 0. The summed E-state index contributed by atoms with van der Waals surface area (Å²) in [5.74, 6) is 6.99. The lowest BCUT2D eigenvalue weighted by Crippen LogP contribution is -2.23. The van der Waals surface area contributed by atoms with E-state index >= 15 is 0 Å². The minimum Gasteiger partial charge on any atom is -0.0683 e. The third-order valence-electron chi connectivity index (χ3n) is 11.9. The van der Waals surface area contributed by atoms with Gasteiger partial charge in [0, 0.05) is 0 Å². The molecule has 0 heterocycles. The molecule has 4 saturated carbocycles. The van der Waals surface area contributed by atoms with Gasteiger partial charge in [0.05, 0.1) is 0 Å². The summed E-state index contributed by atoms with van der Waals surface area (Å²) in [5.41, 5.74) is 3.70. The van der Waals surface area contributed by atoms with Crippen LogP contribution in [0.3, 0.4) is 0 Å². The molecule has 0 saturated heterocycles. The molecule has 0 spiro atoms. The Morgan fingerprint density at radius 1 is 0.311 bits per heavy atom. The Balaban J connectivity index is 0.000000564. The SMILES string of the molecule is C1CCCCC1.CC.CC.CC.CC1CCC(C)C2=C1CCCC2C.CC1CCC(C2CCCCC2)CC1.CC1CCCCC1. The summed E-state index contributed by atoms with van der Waals surface area (Å²) in [6.07, 6.45) is 37.4. The van der Waals surface area contributed by atoms with Crippen LogP contribution >= 0.6 is 0 Å². The molecule has 270 valence electrons. The van der Waals surface area contributed by atoms with Gasteiger partial charge in [-0.2, -0.15) is 0 Å². The lowest BCUT2D eigenvalue weighted by molar-refractivity contribution is 0.173. The van der Waals surface area contributed by atoms with Gasteiger partial charge in [0.25, 0.3) is 0 Å². The minimum atomic E-state index is 0.890. The van der Waals surface area contributed by atoms with Crippen molar-refractivity contribution in [2.75, 3.05) is 0 Å². The van der Waals surface area contributed by atoms with Gasteiger partial charge in [-0.25, -0.2) is 0 Å². The van der Waals surface area contributed by atoms with Gasteiger partial charge < -0.3 is 0 Å². The fourth-order valence-corrected chi connectivity index (χ4v) is 9.11. The van der Waals surface area contributed by atoms with Gasteiger partial charge in [-0.05, 0) is 86.4 Å². The Morgan fingerprint density at radius 2 is 0.667 bits per heavy atom. The highest BCUT2D eigenvalue weighted by atomic mass is 14.4. The summed E-state index contributed by atoms with van der Waals surface area (Å²) in [4.78, 5) is 0. The lowest BCUT2D eigenvalue weighted by atomic mass is 9.68. The number of hydrogen-bond acceptors (Lipinski definition) is 0. The summed E-state index contributed by atoms with van der Waals surface area (Å²) in [7, 11) is 0. The smallest absolute Gasteiger partial charge is 0.0226 e. The van der Waals surface area contributed by atoms with Crippen molar-refractivity contribution < 1.29 is 0 Å². The summed E-state index contributed by atoms with van der Waals surface area (Å²) in [6.45, 7) is 24.1. The van der Waals surface area contributed by atoms with Crippen molar-refractivity contribution in [1.29, 1.82) is 0 Å². The normalized spacial score (nSPS) is 30.1. The van der Waals surface area contributed by atoms with Gasteiger partial charge in [0.2, 0.25) is 0 Å². The number of allylic oxidation sites excluding steroid dienone is 2. The zero-order valence-corrected chi connectivity index (χ0v) is 33.7. The average molecular weight is 631 g/mol. The van der Waals surface area contributed by atoms with Gasteiger partial charge in [0.1, 0.15) is 0 Å². The molecule has 0 amide bonds. The molecule has 4 fully saturated rings. The van der Waals surface area contributed by atoms with Crippen LogP contribution in [0.2, 0.25) is 0 Å². The molecule has 0 N–H and O–H groups in total. The molecule has 0 radical (unpaired) electrons. The first kappa shape index (κ1) is 44.7. The topological polar surface area (TPSA) is 0 Å². The zero-order valence-electron chi connectivity index (χ0n) is 33.7. The molecule has 3 atom stereocenters. The number of hydrogen-bond donors (Lipinski definition) is 0. The molecular formula is C45H90. The van der Waals surface area contributed by atoms with Crippen molar-refractivity contribution in [3.63, 3.8) is 0 Å². The largest absolute Gasteiger partial charge is 0.0683 e. The van der Waals surface area contributed by atoms with Crippen LogP contribution < -0.4 is 0 Å². The molecule has 6 rings (SSSR count). The molecule has 3 unspecified atom stereocenters. The van der Waals surface area contributed by atoms with Gasteiger partial charge in [-0.3, -0.25) is 0 Å². The van der Waals surface area contributed by atoms with E-state index < -0.39 is 0 Å². The Kier molecular flexibility index (Phi) is 29.7. The Morgan fingerprint density at radius 3 is 1.09 bits per heavy atom. The fourth-order valence-electron chi connectivity index (χ4n) is 9.11. The summed E-state index contributed by atoms with van der Waals surface area (Å²) < 4.78 is 0. The van der Waals surface area contributed by atoms with E-state index in [1.54, 1.807) is 25.7 Å². The third kappa shape index (κ3) is 19.4. The van der Waals surface area contributed by atoms with Crippen molar-refractivity contribution in [2.45, 2.75) is 237 Å². The highest BCUT2D eigenvalue weighted by Gasteiger charge is 2.30. The maximum atomic E-state index is 2.43. The van der Waals surface area contributed by atoms with Crippen LogP contribution in [0.15, 0.2) is 11.1 Å². The van der Waals surface area contributed by atoms with Crippen LogP contribution in [0.1, 0.15) is 237 Å². The molecule has 6 aliphatic carbocycles.